The van der Waals surface area contributed by atoms with Gasteiger partial charge in [-0.15, -0.1) is 0 Å². The Morgan fingerprint density at radius 2 is 1.91 bits per heavy atom. The molecule has 3 rings (SSSR count). The summed E-state index contributed by atoms with van der Waals surface area (Å²) < 4.78 is 39.3. The summed E-state index contributed by atoms with van der Waals surface area (Å²) in [5, 5.41) is 10.5. The van der Waals surface area contributed by atoms with Crippen molar-refractivity contribution in [2.75, 3.05) is 0 Å². The summed E-state index contributed by atoms with van der Waals surface area (Å²) in [6, 6.07) is -1.18. The van der Waals surface area contributed by atoms with Crippen molar-refractivity contribution in [3.63, 3.8) is 0 Å². The maximum absolute atomic E-state index is 12.7. The minimum Gasteiger partial charge on any atom is -0.507 e. The largest absolute Gasteiger partial charge is 0.507 e. The maximum atomic E-state index is 12.7. The number of hydrogen-bond acceptors (Lipinski definition) is 2. The molecule has 2 aromatic rings. The second kappa shape index (κ2) is 6.23. The SMILES string of the molecule is [2H]c1c([2H])c([2H])c(-c2c(O)cc(CC3CCC(C)(C)CC3)[nH]c2=O)c([2H])c1[2H]. The second-order valence-corrected chi connectivity index (χ2v) is 7.20. The lowest BCUT2D eigenvalue weighted by atomic mass is 9.72. The summed E-state index contributed by atoms with van der Waals surface area (Å²) in [5.74, 6) is 0.0584. The Bertz CT molecular complexity index is 945. The highest BCUT2D eigenvalue weighted by atomic mass is 16.3. The van der Waals surface area contributed by atoms with Crippen LogP contribution in [0.2, 0.25) is 0 Å². The van der Waals surface area contributed by atoms with E-state index in [0.29, 0.717) is 23.4 Å². The second-order valence-electron chi connectivity index (χ2n) is 7.20. The summed E-state index contributed by atoms with van der Waals surface area (Å²) in [6.45, 7) is 4.51. The van der Waals surface area contributed by atoms with Crippen molar-refractivity contribution in [1.82, 2.24) is 4.98 Å². The van der Waals surface area contributed by atoms with Gasteiger partial charge in [0.2, 0.25) is 0 Å². The van der Waals surface area contributed by atoms with Gasteiger partial charge in [0.05, 0.1) is 12.4 Å². The number of pyridine rings is 1. The van der Waals surface area contributed by atoms with E-state index < -0.39 is 35.8 Å². The zero-order valence-corrected chi connectivity index (χ0v) is 13.5. The molecular formula is C20H25NO2. The van der Waals surface area contributed by atoms with Crippen LogP contribution in [-0.2, 0) is 6.42 Å². The predicted octanol–water partition coefficient (Wildman–Crippen LogP) is 4.51. The van der Waals surface area contributed by atoms with Crippen LogP contribution in [0.4, 0.5) is 0 Å². The number of rotatable bonds is 3. The van der Waals surface area contributed by atoms with Crippen molar-refractivity contribution in [3.8, 4) is 16.9 Å². The van der Waals surface area contributed by atoms with Crippen molar-refractivity contribution >= 4 is 0 Å². The molecule has 122 valence electrons. The zero-order chi connectivity index (χ0) is 20.8. The monoisotopic (exact) mass is 316 g/mol. The van der Waals surface area contributed by atoms with Gasteiger partial charge in [-0.25, -0.2) is 0 Å². The van der Waals surface area contributed by atoms with E-state index in [-0.39, 0.29) is 16.9 Å². The van der Waals surface area contributed by atoms with Crippen molar-refractivity contribution < 1.29 is 12.0 Å². The number of nitrogens with one attached hydrogen (secondary N) is 1. The van der Waals surface area contributed by atoms with Crippen molar-refractivity contribution in [3.05, 3.63) is 52.3 Å². The van der Waals surface area contributed by atoms with Gasteiger partial charge in [-0.3, -0.25) is 4.79 Å². The molecule has 1 aliphatic carbocycles. The Hall–Kier alpha value is -2.03. The minimum atomic E-state index is -0.648. The lowest BCUT2D eigenvalue weighted by molar-refractivity contribution is 0.190. The molecule has 3 heteroatoms. The Balaban J connectivity index is 1.98. The lowest BCUT2D eigenvalue weighted by Gasteiger charge is -2.34. The third-order valence-electron chi connectivity index (χ3n) is 4.79. The number of aromatic hydroxyl groups is 1. The summed E-state index contributed by atoms with van der Waals surface area (Å²) in [6.07, 6.45) is 4.99. The molecule has 0 bridgehead atoms. The molecular weight excluding hydrogens is 286 g/mol. The Morgan fingerprint density at radius 1 is 1.26 bits per heavy atom. The highest BCUT2D eigenvalue weighted by Crippen LogP contribution is 2.39. The van der Waals surface area contributed by atoms with E-state index in [1.807, 2.05) is 0 Å². The molecule has 1 saturated carbocycles. The van der Waals surface area contributed by atoms with Crippen molar-refractivity contribution in [2.45, 2.75) is 46.0 Å². The number of hydrogen-bond donors (Lipinski definition) is 2. The van der Waals surface area contributed by atoms with Crippen molar-refractivity contribution in [2.24, 2.45) is 11.3 Å². The topological polar surface area (TPSA) is 53.1 Å². The van der Waals surface area contributed by atoms with E-state index >= 15 is 0 Å². The van der Waals surface area contributed by atoms with Gasteiger partial charge in [-0.1, -0.05) is 44.1 Å². The molecule has 0 spiro atoms. The predicted molar refractivity (Wildman–Crippen MR) is 93.6 cm³/mol. The number of aromatic amines is 1. The van der Waals surface area contributed by atoms with Gasteiger partial charge in [0.15, 0.2) is 0 Å². The molecule has 0 amide bonds. The first-order valence-corrected chi connectivity index (χ1v) is 8.04. The molecule has 1 aliphatic rings. The first-order chi connectivity index (χ1) is 13.0. The number of H-pyrrole nitrogens is 1. The van der Waals surface area contributed by atoms with Crippen LogP contribution in [0.15, 0.2) is 41.1 Å². The van der Waals surface area contributed by atoms with Crippen LogP contribution in [0, 0.1) is 11.3 Å². The summed E-state index contributed by atoms with van der Waals surface area (Å²) in [7, 11) is 0. The molecule has 0 unspecified atom stereocenters. The molecule has 0 atom stereocenters. The fourth-order valence-electron chi connectivity index (χ4n) is 3.30. The lowest BCUT2D eigenvalue weighted by Crippen LogP contribution is -2.23. The number of benzene rings is 1. The highest BCUT2D eigenvalue weighted by molar-refractivity contribution is 5.68. The van der Waals surface area contributed by atoms with E-state index in [2.05, 4.69) is 18.8 Å². The molecule has 1 aromatic heterocycles. The van der Waals surface area contributed by atoms with Crippen LogP contribution < -0.4 is 5.56 Å². The summed E-state index contributed by atoms with van der Waals surface area (Å²) in [5.41, 5.74) is -0.272. The Kier molecular flexibility index (Phi) is 2.89. The van der Waals surface area contributed by atoms with Gasteiger partial charge in [-0.2, -0.15) is 0 Å². The fraction of sp³-hybridized carbons (Fsp3) is 0.450. The third kappa shape index (κ3) is 3.66. The van der Waals surface area contributed by atoms with Crippen LogP contribution in [-0.4, -0.2) is 10.1 Å². The molecule has 1 heterocycles. The minimum absolute atomic E-state index is 0.282. The average molecular weight is 316 g/mol. The van der Waals surface area contributed by atoms with E-state index in [9.17, 15) is 9.90 Å². The van der Waals surface area contributed by atoms with Gasteiger partial charge < -0.3 is 10.1 Å². The van der Waals surface area contributed by atoms with Gasteiger partial charge in [0, 0.05) is 11.8 Å². The zero-order valence-electron chi connectivity index (χ0n) is 18.5. The Morgan fingerprint density at radius 3 is 2.52 bits per heavy atom. The van der Waals surface area contributed by atoms with E-state index in [0.717, 1.165) is 25.7 Å². The van der Waals surface area contributed by atoms with Crippen molar-refractivity contribution in [1.29, 1.82) is 0 Å². The van der Waals surface area contributed by atoms with Gasteiger partial charge >= 0.3 is 0 Å². The highest BCUT2D eigenvalue weighted by Gasteiger charge is 2.27. The normalized spacial score (nSPS) is 21.0. The van der Waals surface area contributed by atoms with Crippen LogP contribution in [0.25, 0.3) is 11.1 Å². The first kappa shape index (κ1) is 10.7. The van der Waals surface area contributed by atoms with Crippen LogP contribution in [0.3, 0.4) is 0 Å². The van der Waals surface area contributed by atoms with Gasteiger partial charge in [0.25, 0.3) is 5.56 Å². The maximum Gasteiger partial charge on any atom is 0.259 e. The van der Waals surface area contributed by atoms with Gasteiger partial charge in [0.1, 0.15) is 5.75 Å². The van der Waals surface area contributed by atoms with Crippen LogP contribution >= 0.6 is 0 Å². The van der Waals surface area contributed by atoms with Crippen LogP contribution in [0.5, 0.6) is 5.75 Å². The first-order valence-electron chi connectivity index (χ1n) is 10.5. The molecule has 23 heavy (non-hydrogen) atoms. The quantitative estimate of drug-likeness (QED) is 0.875. The molecule has 0 aliphatic heterocycles. The van der Waals surface area contributed by atoms with E-state index in [4.69, 9.17) is 6.85 Å². The standard InChI is InChI=1S/C20H25NO2/c1-20(2)10-8-14(9-11-20)12-16-13-17(22)18(19(23)21-16)15-6-4-3-5-7-15/h3-7,13-14H,8-12H2,1-2H3,(H2,21,22,23)/i3D,4D,5D,6D,7D. The molecule has 0 saturated heterocycles. The molecule has 1 aromatic carbocycles. The van der Waals surface area contributed by atoms with Crippen LogP contribution in [0.1, 0.15) is 52.1 Å². The Labute approximate surface area is 144 Å². The molecule has 0 radical (unpaired) electrons. The molecule has 2 N–H and O–H groups in total. The smallest absolute Gasteiger partial charge is 0.259 e. The van der Waals surface area contributed by atoms with Gasteiger partial charge in [-0.05, 0) is 49.0 Å². The third-order valence-corrected chi connectivity index (χ3v) is 4.79. The molecule has 3 nitrogen and oxygen atoms in total. The van der Waals surface area contributed by atoms with E-state index in [1.54, 1.807) is 0 Å². The fourth-order valence-corrected chi connectivity index (χ4v) is 3.30. The average Bonchev–Trinajstić information content (AvgIpc) is 2.62. The van der Waals surface area contributed by atoms with E-state index in [1.165, 1.54) is 6.07 Å². The number of aromatic nitrogens is 1. The summed E-state index contributed by atoms with van der Waals surface area (Å²) >= 11 is 0. The summed E-state index contributed by atoms with van der Waals surface area (Å²) in [4.78, 5) is 15.4. The molecule has 1 fully saturated rings.